The van der Waals surface area contributed by atoms with Gasteiger partial charge in [0.05, 0.1) is 11.7 Å². The van der Waals surface area contributed by atoms with Crippen LogP contribution in [0, 0.1) is 19.8 Å². The lowest BCUT2D eigenvalue weighted by Gasteiger charge is -2.27. The minimum atomic E-state index is -0.470. The Bertz CT molecular complexity index is 482. The monoisotopic (exact) mass is 279 g/mol. The van der Waals surface area contributed by atoms with E-state index < -0.39 is 5.60 Å². The van der Waals surface area contributed by atoms with Crippen molar-refractivity contribution in [3.63, 3.8) is 0 Å². The lowest BCUT2D eigenvalue weighted by atomic mass is 10.1. The number of ether oxygens (including phenoxy) is 1. The molecule has 0 bridgehead atoms. The standard InChI is InChI=1S/C15H25N3O2/c1-9-7-12(13-16-10(2)11(3)17-13)18(8-9)14(19)20-15(4,5)6/h9,12H,7-8H2,1-6H3,(H,16,17)/t9-,12-/m0/s1. The molecule has 1 amide bonds. The highest BCUT2D eigenvalue weighted by Crippen LogP contribution is 2.35. The van der Waals surface area contributed by atoms with Crippen LogP contribution in [-0.2, 0) is 4.74 Å². The Hall–Kier alpha value is -1.52. The zero-order valence-corrected chi connectivity index (χ0v) is 13.3. The topological polar surface area (TPSA) is 58.2 Å². The molecule has 20 heavy (non-hydrogen) atoms. The maximum absolute atomic E-state index is 12.3. The van der Waals surface area contributed by atoms with Crippen molar-refractivity contribution < 1.29 is 9.53 Å². The molecule has 1 N–H and O–H groups in total. The second-order valence-electron chi connectivity index (χ2n) is 6.82. The molecule has 2 heterocycles. The predicted molar refractivity (Wildman–Crippen MR) is 77.5 cm³/mol. The summed E-state index contributed by atoms with van der Waals surface area (Å²) in [7, 11) is 0. The summed E-state index contributed by atoms with van der Waals surface area (Å²) in [5, 5.41) is 0. The van der Waals surface area contributed by atoms with E-state index in [-0.39, 0.29) is 12.1 Å². The van der Waals surface area contributed by atoms with Crippen LogP contribution in [-0.4, -0.2) is 33.1 Å². The first-order chi connectivity index (χ1) is 9.17. The highest BCUT2D eigenvalue weighted by atomic mass is 16.6. The number of aromatic nitrogens is 2. The first kappa shape index (κ1) is 14.9. The molecule has 0 aromatic carbocycles. The molecule has 0 unspecified atom stereocenters. The molecule has 112 valence electrons. The van der Waals surface area contributed by atoms with Crippen molar-refractivity contribution in [3.8, 4) is 0 Å². The van der Waals surface area contributed by atoms with E-state index in [0.717, 1.165) is 30.2 Å². The number of aryl methyl sites for hydroxylation is 2. The number of amides is 1. The average molecular weight is 279 g/mol. The van der Waals surface area contributed by atoms with Gasteiger partial charge in [-0.15, -0.1) is 0 Å². The van der Waals surface area contributed by atoms with Gasteiger partial charge in [0.2, 0.25) is 0 Å². The van der Waals surface area contributed by atoms with E-state index in [2.05, 4.69) is 16.9 Å². The number of hydrogen-bond donors (Lipinski definition) is 1. The summed E-state index contributed by atoms with van der Waals surface area (Å²) in [6.07, 6.45) is 0.671. The average Bonchev–Trinajstić information content (AvgIpc) is 2.81. The summed E-state index contributed by atoms with van der Waals surface area (Å²) in [6, 6.07) is -0.00718. The van der Waals surface area contributed by atoms with Gasteiger partial charge in [-0.1, -0.05) is 6.92 Å². The van der Waals surface area contributed by atoms with E-state index in [1.54, 1.807) is 4.90 Å². The van der Waals surface area contributed by atoms with Gasteiger partial charge in [0.15, 0.2) is 0 Å². The van der Waals surface area contributed by atoms with Crippen molar-refractivity contribution in [1.29, 1.82) is 0 Å². The van der Waals surface area contributed by atoms with Crippen LogP contribution in [0.3, 0.4) is 0 Å². The number of nitrogens with one attached hydrogen (secondary N) is 1. The van der Waals surface area contributed by atoms with Gasteiger partial charge in [0.25, 0.3) is 0 Å². The Balaban J connectivity index is 2.20. The quantitative estimate of drug-likeness (QED) is 0.857. The van der Waals surface area contributed by atoms with E-state index in [4.69, 9.17) is 4.74 Å². The SMILES string of the molecule is Cc1nc([C@@H]2C[C@H](C)CN2C(=O)OC(C)(C)C)[nH]c1C. The molecule has 5 nitrogen and oxygen atoms in total. The fourth-order valence-electron chi connectivity index (χ4n) is 2.56. The first-order valence-electron chi connectivity index (χ1n) is 7.20. The van der Waals surface area contributed by atoms with Crippen LogP contribution < -0.4 is 0 Å². The third kappa shape index (κ3) is 3.14. The first-order valence-corrected chi connectivity index (χ1v) is 7.20. The van der Waals surface area contributed by atoms with Gasteiger partial charge in [-0.3, -0.25) is 4.90 Å². The van der Waals surface area contributed by atoms with Crippen LogP contribution in [0.15, 0.2) is 0 Å². The van der Waals surface area contributed by atoms with Crippen molar-refractivity contribution >= 4 is 6.09 Å². The van der Waals surface area contributed by atoms with Gasteiger partial charge >= 0.3 is 6.09 Å². The zero-order valence-electron chi connectivity index (χ0n) is 13.3. The normalized spacial score (nSPS) is 23.2. The molecule has 1 fully saturated rings. The largest absolute Gasteiger partial charge is 0.444 e. The molecular weight excluding hydrogens is 254 g/mol. The van der Waals surface area contributed by atoms with Crippen LogP contribution in [0.4, 0.5) is 4.79 Å². The summed E-state index contributed by atoms with van der Waals surface area (Å²) in [5.41, 5.74) is 1.58. The number of aromatic amines is 1. The summed E-state index contributed by atoms with van der Waals surface area (Å²) in [6.45, 7) is 12.5. The molecule has 1 aromatic heterocycles. The molecule has 5 heteroatoms. The molecule has 1 aliphatic heterocycles. The number of rotatable bonds is 1. The summed E-state index contributed by atoms with van der Waals surface area (Å²) >= 11 is 0. The van der Waals surface area contributed by atoms with Crippen molar-refractivity contribution in [2.24, 2.45) is 5.92 Å². The third-order valence-electron chi connectivity index (χ3n) is 3.60. The summed E-state index contributed by atoms with van der Waals surface area (Å²) in [5.74, 6) is 1.33. The second-order valence-corrected chi connectivity index (χ2v) is 6.82. The van der Waals surface area contributed by atoms with E-state index in [1.807, 2.05) is 34.6 Å². The number of carbonyl (C=O) groups excluding carboxylic acids is 1. The van der Waals surface area contributed by atoms with Gasteiger partial charge in [-0.25, -0.2) is 9.78 Å². The van der Waals surface area contributed by atoms with Crippen molar-refractivity contribution in [1.82, 2.24) is 14.9 Å². The van der Waals surface area contributed by atoms with Crippen molar-refractivity contribution in [3.05, 3.63) is 17.2 Å². The van der Waals surface area contributed by atoms with Crippen LogP contribution >= 0.6 is 0 Å². The fourth-order valence-corrected chi connectivity index (χ4v) is 2.56. The predicted octanol–water partition coefficient (Wildman–Crippen LogP) is 3.34. The Morgan fingerprint density at radius 2 is 2.05 bits per heavy atom. The molecule has 0 saturated carbocycles. The third-order valence-corrected chi connectivity index (χ3v) is 3.60. The number of imidazole rings is 1. The molecular formula is C15H25N3O2. The number of likely N-dealkylation sites (tertiary alicyclic amines) is 1. The Labute approximate surface area is 120 Å². The van der Waals surface area contributed by atoms with Gasteiger partial charge in [-0.05, 0) is 47.0 Å². The van der Waals surface area contributed by atoms with E-state index >= 15 is 0 Å². The number of H-pyrrole nitrogens is 1. The highest BCUT2D eigenvalue weighted by Gasteiger charge is 2.38. The number of carbonyl (C=O) groups is 1. The maximum atomic E-state index is 12.3. The van der Waals surface area contributed by atoms with E-state index in [1.165, 1.54) is 0 Å². The summed E-state index contributed by atoms with van der Waals surface area (Å²) < 4.78 is 5.50. The Kier molecular flexibility index (Phi) is 3.80. The highest BCUT2D eigenvalue weighted by molar-refractivity contribution is 5.69. The maximum Gasteiger partial charge on any atom is 0.410 e. The van der Waals surface area contributed by atoms with Gasteiger partial charge in [0.1, 0.15) is 11.4 Å². The summed E-state index contributed by atoms with van der Waals surface area (Å²) in [4.78, 5) is 22.0. The number of hydrogen-bond acceptors (Lipinski definition) is 3. The zero-order chi connectivity index (χ0) is 15.1. The van der Waals surface area contributed by atoms with E-state index in [0.29, 0.717) is 5.92 Å². The molecule has 0 spiro atoms. The fraction of sp³-hybridized carbons (Fsp3) is 0.733. The minimum Gasteiger partial charge on any atom is -0.444 e. The van der Waals surface area contributed by atoms with Crippen LogP contribution in [0.5, 0.6) is 0 Å². The molecule has 0 aliphatic carbocycles. The lowest BCUT2D eigenvalue weighted by molar-refractivity contribution is 0.0214. The van der Waals surface area contributed by atoms with Crippen LogP contribution in [0.1, 0.15) is 57.4 Å². The second kappa shape index (κ2) is 5.11. The van der Waals surface area contributed by atoms with E-state index in [9.17, 15) is 4.79 Å². The van der Waals surface area contributed by atoms with Gasteiger partial charge in [0, 0.05) is 12.2 Å². The lowest BCUT2D eigenvalue weighted by Crippen LogP contribution is -2.37. The molecule has 0 radical (unpaired) electrons. The Morgan fingerprint density at radius 1 is 1.40 bits per heavy atom. The molecule has 2 atom stereocenters. The van der Waals surface area contributed by atoms with Crippen molar-refractivity contribution in [2.45, 2.75) is 59.6 Å². The molecule has 1 saturated heterocycles. The molecule has 1 aliphatic rings. The molecule has 2 rings (SSSR count). The van der Waals surface area contributed by atoms with Gasteiger partial charge in [-0.2, -0.15) is 0 Å². The van der Waals surface area contributed by atoms with Crippen LogP contribution in [0.2, 0.25) is 0 Å². The van der Waals surface area contributed by atoms with Gasteiger partial charge < -0.3 is 9.72 Å². The minimum absolute atomic E-state index is 0.00718. The molecule has 1 aromatic rings. The number of nitrogens with zero attached hydrogens (tertiary/aromatic N) is 2. The van der Waals surface area contributed by atoms with Crippen molar-refractivity contribution in [2.75, 3.05) is 6.54 Å². The smallest absolute Gasteiger partial charge is 0.410 e. The van der Waals surface area contributed by atoms with Crippen LogP contribution in [0.25, 0.3) is 0 Å². The Morgan fingerprint density at radius 3 is 2.55 bits per heavy atom.